The molecule has 3 rings (SSSR count). The lowest BCUT2D eigenvalue weighted by atomic mass is 10.1. The lowest BCUT2D eigenvalue weighted by Crippen LogP contribution is -2.30. The van der Waals surface area contributed by atoms with Crippen molar-refractivity contribution in [2.75, 3.05) is 24.7 Å². The number of halogens is 1. The minimum Gasteiger partial charge on any atom is -0.490 e. The first-order chi connectivity index (χ1) is 14.5. The maximum Gasteiger partial charge on any atom is 0.245 e. The maximum atomic E-state index is 12.5. The van der Waals surface area contributed by atoms with Crippen LogP contribution in [0.4, 0.5) is 5.69 Å². The molecule has 1 atom stereocenters. The normalized spacial score (nSPS) is 16.2. The second kappa shape index (κ2) is 10.2. The van der Waals surface area contributed by atoms with Gasteiger partial charge >= 0.3 is 0 Å². The average Bonchev–Trinajstić information content (AvgIpc) is 3.13. The van der Waals surface area contributed by atoms with Crippen LogP contribution in [0.25, 0.3) is 0 Å². The van der Waals surface area contributed by atoms with Gasteiger partial charge in [-0.25, -0.2) is 5.43 Å². The number of anilines is 1. The molecule has 0 aromatic heterocycles. The molecule has 1 heterocycles. The Labute approximate surface area is 184 Å². The van der Waals surface area contributed by atoms with Crippen LogP contribution in [0.2, 0.25) is 0 Å². The van der Waals surface area contributed by atoms with Gasteiger partial charge in [0.05, 0.1) is 29.8 Å². The number of hydrazone groups is 1. The van der Waals surface area contributed by atoms with Crippen molar-refractivity contribution in [3.05, 3.63) is 52.5 Å². The van der Waals surface area contributed by atoms with Crippen molar-refractivity contribution in [2.24, 2.45) is 11.0 Å². The number of ether oxygens (including phenoxy) is 2. The topological polar surface area (TPSA) is 80.2 Å². The number of nitrogens with zero attached hydrogens (tertiary/aromatic N) is 2. The van der Waals surface area contributed by atoms with Gasteiger partial charge in [-0.15, -0.1) is 0 Å². The van der Waals surface area contributed by atoms with Crippen LogP contribution in [-0.4, -0.2) is 37.8 Å². The molecule has 1 fully saturated rings. The fourth-order valence-corrected chi connectivity index (χ4v) is 3.79. The van der Waals surface area contributed by atoms with E-state index in [2.05, 4.69) is 26.5 Å². The Morgan fingerprint density at radius 2 is 1.97 bits per heavy atom. The van der Waals surface area contributed by atoms with Crippen molar-refractivity contribution in [2.45, 2.75) is 20.3 Å². The number of para-hydroxylation sites is 1. The highest BCUT2D eigenvalue weighted by molar-refractivity contribution is 9.10. The van der Waals surface area contributed by atoms with Gasteiger partial charge in [0.1, 0.15) is 0 Å². The predicted molar refractivity (Wildman–Crippen MR) is 119 cm³/mol. The second-order valence-corrected chi connectivity index (χ2v) is 7.53. The number of amides is 2. The molecule has 7 nitrogen and oxygen atoms in total. The van der Waals surface area contributed by atoms with Crippen LogP contribution in [0.5, 0.6) is 11.5 Å². The molecule has 2 amide bonds. The van der Waals surface area contributed by atoms with Crippen LogP contribution in [0.1, 0.15) is 25.8 Å². The fourth-order valence-electron chi connectivity index (χ4n) is 3.21. The zero-order chi connectivity index (χ0) is 21.5. The summed E-state index contributed by atoms with van der Waals surface area (Å²) in [7, 11) is 0. The Morgan fingerprint density at radius 1 is 1.23 bits per heavy atom. The molecule has 8 heteroatoms. The largest absolute Gasteiger partial charge is 0.490 e. The Bertz CT molecular complexity index is 933. The van der Waals surface area contributed by atoms with Crippen LogP contribution in [0, 0.1) is 5.92 Å². The van der Waals surface area contributed by atoms with E-state index >= 15 is 0 Å². The summed E-state index contributed by atoms with van der Waals surface area (Å²) in [6, 6.07) is 13.0. The first kappa shape index (κ1) is 21.8. The van der Waals surface area contributed by atoms with Crippen molar-refractivity contribution in [1.82, 2.24) is 5.43 Å². The van der Waals surface area contributed by atoms with E-state index in [1.165, 1.54) is 6.21 Å². The molecule has 0 spiro atoms. The van der Waals surface area contributed by atoms with E-state index in [0.717, 1.165) is 15.7 Å². The van der Waals surface area contributed by atoms with Gasteiger partial charge in [-0.05, 0) is 59.6 Å². The van der Waals surface area contributed by atoms with Crippen LogP contribution < -0.4 is 19.8 Å². The van der Waals surface area contributed by atoms with Gasteiger partial charge in [-0.1, -0.05) is 18.2 Å². The molecule has 1 N–H and O–H groups in total. The molecule has 30 heavy (non-hydrogen) atoms. The van der Waals surface area contributed by atoms with Gasteiger partial charge in [0.2, 0.25) is 11.8 Å². The van der Waals surface area contributed by atoms with Crippen molar-refractivity contribution < 1.29 is 19.1 Å². The summed E-state index contributed by atoms with van der Waals surface area (Å²) >= 11 is 3.48. The van der Waals surface area contributed by atoms with Gasteiger partial charge in [0, 0.05) is 18.7 Å². The number of hydrogen-bond acceptors (Lipinski definition) is 5. The Hall–Kier alpha value is -2.87. The molecule has 0 saturated carbocycles. The van der Waals surface area contributed by atoms with Gasteiger partial charge in [0.25, 0.3) is 0 Å². The highest BCUT2D eigenvalue weighted by Gasteiger charge is 2.35. The Balaban J connectivity index is 1.64. The standard InChI is InChI=1S/C22H24BrN3O4/c1-3-29-19-11-15(10-18(23)21(19)30-4-2)13-24-25-22(28)16-12-20(27)26(14-16)17-8-6-5-7-9-17/h5-11,13,16H,3-4,12,14H2,1-2H3,(H,25,28)/b24-13-/t16-/m1/s1. The molecule has 0 bridgehead atoms. The van der Waals surface area contributed by atoms with Gasteiger partial charge in [0.15, 0.2) is 11.5 Å². The summed E-state index contributed by atoms with van der Waals surface area (Å²) in [4.78, 5) is 26.4. The lowest BCUT2D eigenvalue weighted by molar-refractivity contribution is -0.126. The Kier molecular flexibility index (Phi) is 7.46. The molecule has 1 aliphatic rings. The maximum absolute atomic E-state index is 12.5. The third kappa shape index (κ3) is 5.18. The fraction of sp³-hybridized carbons (Fsp3) is 0.318. The van der Waals surface area contributed by atoms with Crippen molar-refractivity contribution in [3.63, 3.8) is 0 Å². The van der Waals surface area contributed by atoms with E-state index in [4.69, 9.17) is 9.47 Å². The molecular weight excluding hydrogens is 450 g/mol. The third-order valence-electron chi connectivity index (χ3n) is 4.57. The second-order valence-electron chi connectivity index (χ2n) is 6.67. The van der Waals surface area contributed by atoms with Crippen LogP contribution in [0.15, 0.2) is 52.0 Å². The highest BCUT2D eigenvalue weighted by Crippen LogP contribution is 2.36. The van der Waals surface area contributed by atoms with E-state index in [0.29, 0.717) is 31.3 Å². The van der Waals surface area contributed by atoms with Crippen molar-refractivity contribution >= 4 is 39.6 Å². The molecule has 0 radical (unpaired) electrons. The zero-order valence-electron chi connectivity index (χ0n) is 16.9. The number of carbonyl (C=O) groups excluding carboxylic acids is 2. The van der Waals surface area contributed by atoms with Crippen LogP contribution in [-0.2, 0) is 9.59 Å². The van der Waals surface area contributed by atoms with Crippen LogP contribution >= 0.6 is 15.9 Å². The smallest absolute Gasteiger partial charge is 0.245 e. The summed E-state index contributed by atoms with van der Waals surface area (Å²) in [5, 5.41) is 4.06. The minimum atomic E-state index is -0.444. The molecule has 2 aromatic rings. The average molecular weight is 474 g/mol. The molecule has 158 valence electrons. The molecule has 1 saturated heterocycles. The van der Waals surface area contributed by atoms with Gasteiger partial charge < -0.3 is 14.4 Å². The van der Waals surface area contributed by atoms with E-state index in [1.54, 1.807) is 11.0 Å². The highest BCUT2D eigenvalue weighted by atomic mass is 79.9. The van der Waals surface area contributed by atoms with E-state index in [1.807, 2.05) is 50.2 Å². The van der Waals surface area contributed by atoms with E-state index < -0.39 is 5.92 Å². The lowest BCUT2D eigenvalue weighted by Gasteiger charge is -2.16. The quantitative estimate of drug-likeness (QED) is 0.467. The van der Waals surface area contributed by atoms with Crippen molar-refractivity contribution in [1.29, 1.82) is 0 Å². The van der Waals surface area contributed by atoms with Gasteiger partial charge in [-0.2, -0.15) is 5.10 Å². The van der Waals surface area contributed by atoms with E-state index in [-0.39, 0.29) is 18.2 Å². The first-order valence-electron chi connectivity index (χ1n) is 9.81. The molecule has 1 aliphatic heterocycles. The minimum absolute atomic E-state index is 0.0675. The monoisotopic (exact) mass is 473 g/mol. The van der Waals surface area contributed by atoms with Crippen LogP contribution in [0.3, 0.4) is 0 Å². The number of hydrogen-bond donors (Lipinski definition) is 1. The Morgan fingerprint density at radius 3 is 2.67 bits per heavy atom. The molecule has 2 aromatic carbocycles. The predicted octanol–water partition coefficient (Wildman–Crippen LogP) is 3.75. The molecule has 0 aliphatic carbocycles. The number of rotatable bonds is 8. The summed E-state index contributed by atoms with van der Waals surface area (Å²) in [6.07, 6.45) is 1.70. The summed E-state index contributed by atoms with van der Waals surface area (Å²) in [5.41, 5.74) is 4.07. The first-order valence-corrected chi connectivity index (χ1v) is 10.6. The van der Waals surface area contributed by atoms with Gasteiger partial charge in [-0.3, -0.25) is 9.59 Å². The summed E-state index contributed by atoms with van der Waals surface area (Å²) in [5.74, 6) is 0.434. The number of benzene rings is 2. The molecule has 0 unspecified atom stereocenters. The SMILES string of the molecule is CCOc1cc(/C=N\NC(=O)[C@@H]2CC(=O)N(c3ccccc3)C2)cc(Br)c1OCC. The van der Waals surface area contributed by atoms with E-state index in [9.17, 15) is 9.59 Å². The summed E-state index contributed by atoms with van der Waals surface area (Å²) < 4.78 is 12.0. The number of nitrogens with one attached hydrogen (secondary N) is 1. The zero-order valence-corrected chi connectivity index (χ0v) is 18.5. The summed E-state index contributed by atoms with van der Waals surface area (Å²) in [6.45, 7) is 5.15. The number of carbonyl (C=O) groups is 2. The third-order valence-corrected chi connectivity index (χ3v) is 5.16. The molecular formula is C22H24BrN3O4. The van der Waals surface area contributed by atoms with Crippen molar-refractivity contribution in [3.8, 4) is 11.5 Å².